The van der Waals surface area contributed by atoms with Gasteiger partial charge in [0.25, 0.3) is 10.0 Å². The van der Waals surface area contributed by atoms with Crippen molar-refractivity contribution in [1.82, 2.24) is 5.43 Å². The van der Waals surface area contributed by atoms with Crippen LogP contribution in [0.1, 0.15) is 37.8 Å². The standard InChI is InChI=1S/C20H24N4O2S/c1-3-13-24(14-4-2)17-11-9-16(10-12-17)15-21-22-20-18-7-5-6-8-19(18)27(25,26)23-20/h5-12,15H,3-4,13-14H2,1-2H3,(H,22,23). The zero-order valence-electron chi connectivity index (χ0n) is 15.6. The lowest BCUT2D eigenvalue weighted by Crippen LogP contribution is -2.24. The molecule has 0 fully saturated rings. The van der Waals surface area contributed by atoms with E-state index in [4.69, 9.17) is 0 Å². The molecule has 0 saturated carbocycles. The molecule has 1 aliphatic rings. The maximum absolute atomic E-state index is 12.0. The van der Waals surface area contributed by atoms with Crippen molar-refractivity contribution in [2.45, 2.75) is 31.6 Å². The molecule has 1 aliphatic heterocycles. The Kier molecular flexibility index (Phi) is 5.91. The fourth-order valence-electron chi connectivity index (χ4n) is 3.04. The predicted molar refractivity (Wildman–Crippen MR) is 110 cm³/mol. The van der Waals surface area contributed by atoms with E-state index in [1.807, 2.05) is 12.1 Å². The fraction of sp³-hybridized carbons (Fsp3) is 0.300. The van der Waals surface area contributed by atoms with Gasteiger partial charge in [0.05, 0.1) is 6.21 Å². The Morgan fingerprint density at radius 3 is 2.37 bits per heavy atom. The summed E-state index contributed by atoms with van der Waals surface area (Å²) in [4.78, 5) is 2.58. The summed E-state index contributed by atoms with van der Waals surface area (Å²) in [6, 6.07) is 14.9. The molecule has 0 aromatic heterocycles. The van der Waals surface area contributed by atoms with Crippen molar-refractivity contribution in [3.05, 3.63) is 59.7 Å². The maximum Gasteiger partial charge on any atom is 0.285 e. The number of anilines is 1. The molecular formula is C20H24N4O2S. The second-order valence-corrected chi connectivity index (χ2v) is 7.93. The minimum atomic E-state index is -3.63. The summed E-state index contributed by atoms with van der Waals surface area (Å²) >= 11 is 0. The molecule has 2 aromatic carbocycles. The molecule has 1 heterocycles. The molecule has 3 rings (SSSR count). The highest BCUT2D eigenvalue weighted by atomic mass is 32.2. The Morgan fingerprint density at radius 1 is 1.04 bits per heavy atom. The highest BCUT2D eigenvalue weighted by molar-refractivity contribution is 7.90. The summed E-state index contributed by atoms with van der Waals surface area (Å²) in [6.07, 6.45) is 3.88. The van der Waals surface area contributed by atoms with Gasteiger partial charge >= 0.3 is 0 Å². The molecule has 0 atom stereocenters. The average molecular weight is 385 g/mol. The number of amidine groups is 1. The summed E-state index contributed by atoms with van der Waals surface area (Å²) in [5.41, 5.74) is 5.41. The monoisotopic (exact) mass is 384 g/mol. The third-order valence-corrected chi connectivity index (χ3v) is 5.60. The number of fused-ring (bicyclic) bond motifs is 1. The number of sulfonamides is 1. The van der Waals surface area contributed by atoms with Gasteiger partial charge in [-0.2, -0.15) is 13.5 Å². The van der Waals surface area contributed by atoms with E-state index in [0.29, 0.717) is 5.56 Å². The largest absolute Gasteiger partial charge is 0.372 e. The van der Waals surface area contributed by atoms with Gasteiger partial charge in [-0.3, -0.25) is 5.43 Å². The van der Waals surface area contributed by atoms with Crippen molar-refractivity contribution >= 4 is 27.8 Å². The van der Waals surface area contributed by atoms with E-state index >= 15 is 0 Å². The molecule has 0 unspecified atom stereocenters. The Morgan fingerprint density at radius 2 is 1.70 bits per heavy atom. The van der Waals surface area contributed by atoms with E-state index in [-0.39, 0.29) is 10.7 Å². The average Bonchev–Trinajstić information content (AvgIpc) is 2.93. The van der Waals surface area contributed by atoms with Gasteiger partial charge in [-0.1, -0.05) is 38.1 Å². The number of hydrogen-bond acceptors (Lipinski definition) is 5. The first-order chi connectivity index (χ1) is 13.0. The van der Waals surface area contributed by atoms with Gasteiger partial charge in [0.15, 0.2) is 5.84 Å². The molecule has 0 bridgehead atoms. The third-order valence-electron chi connectivity index (χ3n) is 4.26. The first kappa shape index (κ1) is 19.1. The molecule has 7 heteroatoms. The van der Waals surface area contributed by atoms with Gasteiger partial charge in [0.2, 0.25) is 0 Å². The van der Waals surface area contributed by atoms with Crippen LogP contribution in [0, 0.1) is 0 Å². The quantitative estimate of drug-likeness (QED) is 0.587. The number of hydrazone groups is 1. The molecule has 0 radical (unpaired) electrons. The van der Waals surface area contributed by atoms with Crippen LogP contribution in [0.3, 0.4) is 0 Å². The lowest BCUT2D eigenvalue weighted by molar-refractivity contribution is 0.599. The second-order valence-electron chi connectivity index (χ2n) is 6.36. The van der Waals surface area contributed by atoms with Crippen molar-refractivity contribution in [1.29, 1.82) is 0 Å². The number of hydrogen-bond donors (Lipinski definition) is 1. The Hall–Kier alpha value is -2.67. The minimum absolute atomic E-state index is 0.207. The fourth-order valence-corrected chi connectivity index (χ4v) is 4.21. The van der Waals surface area contributed by atoms with Gasteiger partial charge in [0, 0.05) is 24.3 Å². The molecule has 0 aliphatic carbocycles. The summed E-state index contributed by atoms with van der Waals surface area (Å²) in [7, 11) is -3.63. The normalized spacial score (nSPS) is 14.8. The highest BCUT2D eigenvalue weighted by Crippen LogP contribution is 2.24. The van der Waals surface area contributed by atoms with Crippen LogP contribution in [0.2, 0.25) is 0 Å². The number of nitrogens with zero attached hydrogens (tertiary/aromatic N) is 3. The summed E-state index contributed by atoms with van der Waals surface area (Å²) < 4.78 is 27.8. The molecular weight excluding hydrogens is 360 g/mol. The zero-order valence-corrected chi connectivity index (χ0v) is 16.4. The maximum atomic E-state index is 12.0. The second kappa shape index (κ2) is 8.35. The highest BCUT2D eigenvalue weighted by Gasteiger charge is 2.28. The lowest BCUT2D eigenvalue weighted by atomic mass is 10.2. The van der Waals surface area contributed by atoms with Crippen molar-refractivity contribution < 1.29 is 8.42 Å². The molecule has 1 N–H and O–H groups in total. The van der Waals surface area contributed by atoms with E-state index in [0.717, 1.165) is 31.5 Å². The van der Waals surface area contributed by atoms with Crippen LogP contribution < -0.4 is 10.3 Å². The molecule has 142 valence electrons. The van der Waals surface area contributed by atoms with E-state index in [1.54, 1.807) is 30.5 Å². The van der Waals surface area contributed by atoms with Gasteiger partial charge in [-0.05, 0) is 42.7 Å². The molecule has 0 amide bonds. The Labute approximate surface area is 160 Å². The van der Waals surface area contributed by atoms with Crippen molar-refractivity contribution in [2.24, 2.45) is 9.50 Å². The third kappa shape index (κ3) is 4.36. The Bertz CT molecular complexity index is 944. The van der Waals surface area contributed by atoms with E-state index in [9.17, 15) is 8.42 Å². The Balaban J connectivity index is 1.69. The van der Waals surface area contributed by atoms with Crippen molar-refractivity contribution in [3.8, 4) is 0 Å². The zero-order chi connectivity index (χ0) is 19.3. The predicted octanol–water partition coefficient (Wildman–Crippen LogP) is 3.39. The van der Waals surface area contributed by atoms with Crippen molar-refractivity contribution in [2.75, 3.05) is 18.0 Å². The number of rotatable bonds is 7. The molecule has 0 spiro atoms. The molecule has 27 heavy (non-hydrogen) atoms. The van der Waals surface area contributed by atoms with Gasteiger partial charge in [0.1, 0.15) is 4.90 Å². The van der Waals surface area contributed by atoms with Crippen LogP contribution >= 0.6 is 0 Å². The van der Waals surface area contributed by atoms with Crippen LogP contribution in [0.15, 0.2) is 62.9 Å². The molecule has 6 nitrogen and oxygen atoms in total. The van der Waals surface area contributed by atoms with E-state index in [1.165, 1.54) is 5.69 Å². The van der Waals surface area contributed by atoms with Crippen molar-refractivity contribution in [3.63, 3.8) is 0 Å². The molecule has 0 saturated heterocycles. The SMILES string of the molecule is CCCN(CCC)c1ccc(C=NNC2=NS(=O)(=O)c3ccccc32)cc1. The van der Waals surface area contributed by atoms with Crippen LogP contribution in [-0.2, 0) is 10.0 Å². The summed E-state index contributed by atoms with van der Waals surface area (Å²) in [6.45, 7) is 6.44. The summed E-state index contributed by atoms with van der Waals surface area (Å²) in [5.74, 6) is 0.246. The first-order valence-corrected chi connectivity index (χ1v) is 10.6. The van der Waals surface area contributed by atoms with Crippen LogP contribution in [-0.4, -0.2) is 33.6 Å². The van der Waals surface area contributed by atoms with Gasteiger partial charge in [-0.25, -0.2) is 0 Å². The van der Waals surface area contributed by atoms with Gasteiger partial charge < -0.3 is 4.90 Å². The van der Waals surface area contributed by atoms with E-state index in [2.05, 4.69) is 45.8 Å². The topological polar surface area (TPSA) is 74.1 Å². The van der Waals surface area contributed by atoms with Crippen LogP contribution in [0.4, 0.5) is 5.69 Å². The molecule has 2 aromatic rings. The first-order valence-electron chi connectivity index (χ1n) is 9.13. The van der Waals surface area contributed by atoms with Crippen LogP contribution in [0.25, 0.3) is 0 Å². The number of nitrogens with one attached hydrogen (secondary N) is 1. The number of benzene rings is 2. The van der Waals surface area contributed by atoms with Gasteiger partial charge in [-0.15, -0.1) is 4.40 Å². The summed E-state index contributed by atoms with van der Waals surface area (Å²) in [5, 5.41) is 4.15. The lowest BCUT2D eigenvalue weighted by Gasteiger charge is -2.23. The minimum Gasteiger partial charge on any atom is -0.372 e. The van der Waals surface area contributed by atoms with Crippen LogP contribution in [0.5, 0.6) is 0 Å². The van der Waals surface area contributed by atoms with E-state index < -0.39 is 10.0 Å². The smallest absolute Gasteiger partial charge is 0.285 e.